The number of carbonyl (C=O) groups excluding carboxylic acids is 2. The minimum Gasteiger partial charge on any atom is -0.326 e. The predicted octanol–water partition coefficient (Wildman–Crippen LogP) is 4.23. The van der Waals surface area contributed by atoms with E-state index in [1.54, 1.807) is 0 Å². The van der Waals surface area contributed by atoms with Crippen LogP contribution in [0.3, 0.4) is 0 Å². The molecule has 0 spiro atoms. The van der Waals surface area contributed by atoms with Gasteiger partial charge in [0.05, 0.1) is 10.5 Å². The third-order valence-corrected chi connectivity index (χ3v) is 7.47. The van der Waals surface area contributed by atoms with Crippen LogP contribution in [0.4, 0.5) is 11.4 Å². The van der Waals surface area contributed by atoms with Crippen molar-refractivity contribution in [1.29, 1.82) is 0 Å². The number of fused-ring (bicyclic) bond motifs is 1. The SMILES string of the molecule is O=C1CC(C(=O)Nc2cccc(C3SCCS3)c2)c2ccccc2N1. The number of hydrogen-bond donors (Lipinski definition) is 2. The predicted molar refractivity (Wildman–Crippen MR) is 105 cm³/mol. The number of nitrogens with one attached hydrogen (secondary N) is 2. The Hall–Kier alpha value is -1.92. The molecule has 2 N–H and O–H groups in total. The van der Waals surface area contributed by atoms with Gasteiger partial charge in [-0.2, -0.15) is 0 Å². The summed E-state index contributed by atoms with van der Waals surface area (Å²) in [5.74, 6) is 1.63. The van der Waals surface area contributed by atoms with Crippen LogP contribution in [-0.2, 0) is 9.59 Å². The fourth-order valence-corrected chi connectivity index (χ4v) is 6.03. The third-order valence-electron chi connectivity index (χ3n) is 4.36. The lowest BCUT2D eigenvalue weighted by Crippen LogP contribution is -2.30. The fraction of sp³-hybridized carbons (Fsp3) is 0.263. The zero-order valence-electron chi connectivity index (χ0n) is 13.5. The average molecular weight is 370 g/mol. The van der Waals surface area contributed by atoms with Crippen LogP contribution in [0.5, 0.6) is 0 Å². The highest BCUT2D eigenvalue weighted by Gasteiger charge is 2.30. The number of rotatable bonds is 3. The highest BCUT2D eigenvalue weighted by atomic mass is 32.2. The van der Waals surface area contributed by atoms with Crippen molar-refractivity contribution >= 4 is 46.7 Å². The van der Waals surface area contributed by atoms with E-state index in [4.69, 9.17) is 0 Å². The molecule has 2 aliphatic rings. The molecule has 1 unspecified atom stereocenters. The summed E-state index contributed by atoms with van der Waals surface area (Å²) in [4.78, 5) is 24.7. The standard InChI is InChI=1S/C19H18N2O2S2/c22-17-11-15(14-6-1-2-7-16(14)21-17)18(23)20-13-5-3-4-12(10-13)19-24-8-9-25-19/h1-7,10,15,19H,8-9,11H2,(H,20,23)(H,21,22). The van der Waals surface area contributed by atoms with Gasteiger partial charge in [-0.3, -0.25) is 9.59 Å². The lowest BCUT2D eigenvalue weighted by atomic mass is 9.90. The molecular formula is C19H18N2O2S2. The molecule has 2 aromatic carbocycles. The topological polar surface area (TPSA) is 58.2 Å². The van der Waals surface area contributed by atoms with Gasteiger partial charge in [-0.05, 0) is 29.3 Å². The Morgan fingerprint density at radius 3 is 2.72 bits per heavy atom. The molecule has 4 rings (SSSR count). The summed E-state index contributed by atoms with van der Waals surface area (Å²) in [6, 6.07) is 15.5. The van der Waals surface area contributed by atoms with Gasteiger partial charge in [-0.1, -0.05) is 30.3 Å². The second kappa shape index (κ2) is 7.14. The smallest absolute Gasteiger partial charge is 0.232 e. The van der Waals surface area contributed by atoms with E-state index in [9.17, 15) is 9.59 Å². The Morgan fingerprint density at radius 1 is 1.08 bits per heavy atom. The van der Waals surface area contributed by atoms with Crippen LogP contribution in [0.1, 0.15) is 28.0 Å². The third kappa shape index (κ3) is 3.55. The first-order valence-electron chi connectivity index (χ1n) is 8.23. The average Bonchev–Trinajstić information content (AvgIpc) is 3.16. The first-order valence-corrected chi connectivity index (χ1v) is 10.3. The number of benzene rings is 2. The molecule has 0 saturated carbocycles. The van der Waals surface area contributed by atoms with Crippen LogP contribution in [0.2, 0.25) is 0 Å². The molecule has 0 radical (unpaired) electrons. The summed E-state index contributed by atoms with van der Waals surface area (Å²) in [5, 5.41) is 5.83. The summed E-state index contributed by atoms with van der Waals surface area (Å²) in [6.45, 7) is 0. The van der Waals surface area contributed by atoms with Crippen LogP contribution in [0.15, 0.2) is 48.5 Å². The molecule has 2 aromatic rings. The molecule has 1 fully saturated rings. The number of thioether (sulfide) groups is 2. The van der Waals surface area contributed by atoms with Crippen molar-refractivity contribution in [3.8, 4) is 0 Å². The van der Waals surface area contributed by atoms with E-state index in [-0.39, 0.29) is 18.2 Å². The first-order chi connectivity index (χ1) is 12.2. The van der Waals surface area contributed by atoms with E-state index >= 15 is 0 Å². The lowest BCUT2D eigenvalue weighted by molar-refractivity contribution is -0.123. The first kappa shape index (κ1) is 16.5. The summed E-state index contributed by atoms with van der Waals surface area (Å²) in [7, 11) is 0. The molecule has 2 heterocycles. The van der Waals surface area contributed by atoms with Crippen LogP contribution in [-0.4, -0.2) is 23.3 Å². The van der Waals surface area contributed by atoms with E-state index in [0.29, 0.717) is 4.58 Å². The summed E-state index contributed by atoms with van der Waals surface area (Å²) >= 11 is 3.88. The van der Waals surface area contributed by atoms with Crippen molar-refractivity contribution in [3.63, 3.8) is 0 Å². The molecule has 2 aliphatic heterocycles. The van der Waals surface area contributed by atoms with Gasteiger partial charge in [-0.25, -0.2) is 0 Å². The van der Waals surface area contributed by atoms with Crippen molar-refractivity contribution in [3.05, 3.63) is 59.7 Å². The Morgan fingerprint density at radius 2 is 1.88 bits per heavy atom. The number of amides is 2. The number of anilines is 2. The molecule has 128 valence electrons. The molecule has 0 aromatic heterocycles. The van der Waals surface area contributed by atoms with E-state index in [1.807, 2.05) is 66.0 Å². The molecule has 0 bridgehead atoms. The van der Waals surface area contributed by atoms with Gasteiger partial charge in [0.2, 0.25) is 11.8 Å². The molecule has 4 nitrogen and oxygen atoms in total. The van der Waals surface area contributed by atoms with E-state index < -0.39 is 5.92 Å². The maximum absolute atomic E-state index is 12.8. The van der Waals surface area contributed by atoms with Crippen molar-refractivity contribution in [2.75, 3.05) is 22.1 Å². The lowest BCUT2D eigenvalue weighted by Gasteiger charge is -2.24. The largest absolute Gasteiger partial charge is 0.326 e. The number of para-hydroxylation sites is 1. The highest BCUT2D eigenvalue weighted by molar-refractivity contribution is 8.19. The number of hydrogen-bond acceptors (Lipinski definition) is 4. The summed E-state index contributed by atoms with van der Waals surface area (Å²) < 4.78 is 0.443. The fourth-order valence-electron chi connectivity index (χ4n) is 3.19. The normalized spacial score (nSPS) is 20.0. The minimum absolute atomic E-state index is 0.119. The monoisotopic (exact) mass is 370 g/mol. The Labute approximate surface area is 155 Å². The van der Waals surface area contributed by atoms with Crippen LogP contribution in [0.25, 0.3) is 0 Å². The van der Waals surface area contributed by atoms with Gasteiger partial charge in [0.1, 0.15) is 0 Å². The van der Waals surface area contributed by atoms with Gasteiger partial charge in [0.25, 0.3) is 0 Å². The molecule has 25 heavy (non-hydrogen) atoms. The van der Waals surface area contributed by atoms with Crippen molar-refractivity contribution < 1.29 is 9.59 Å². The second-order valence-corrected chi connectivity index (χ2v) is 8.80. The van der Waals surface area contributed by atoms with Crippen molar-refractivity contribution in [2.24, 2.45) is 0 Å². The van der Waals surface area contributed by atoms with Gasteiger partial charge in [0, 0.05) is 29.3 Å². The van der Waals surface area contributed by atoms with Gasteiger partial charge >= 0.3 is 0 Å². The zero-order valence-corrected chi connectivity index (χ0v) is 15.2. The van der Waals surface area contributed by atoms with Gasteiger partial charge in [0.15, 0.2) is 0 Å². The summed E-state index contributed by atoms with van der Waals surface area (Å²) in [6.07, 6.45) is 0.177. The quantitative estimate of drug-likeness (QED) is 0.849. The van der Waals surface area contributed by atoms with E-state index in [1.165, 1.54) is 17.1 Å². The van der Waals surface area contributed by atoms with E-state index in [0.717, 1.165) is 16.9 Å². The number of carbonyl (C=O) groups is 2. The summed E-state index contributed by atoms with van der Waals surface area (Å²) in [5.41, 5.74) is 3.62. The minimum atomic E-state index is -0.455. The van der Waals surface area contributed by atoms with Gasteiger partial charge < -0.3 is 10.6 Å². The molecule has 0 aliphatic carbocycles. The molecule has 2 amide bonds. The molecule has 1 atom stereocenters. The van der Waals surface area contributed by atoms with Crippen LogP contribution in [0, 0.1) is 0 Å². The van der Waals surface area contributed by atoms with Crippen molar-refractivity contribution in [1.82, 2.24) is 0 Å². The molecule has 6 heteroatoms. The van der Waals surface area contributed by atoms with E-state index in [2.05, 4.69) is 16.7 Å². The van der Waals surface area contributed by atoms with Crippen LogP contribution < -0.4 is 10.6 Å². The van der Waals surface area contributed by atoms with Gasteiger partial charge in [-0.15, -0.1) is 23.5 Å². The Kier molecular flexibility index (Phi) is 4.72. The molecule has 1 saturated heterocycles. The van der Waals surface area contributed by atoms with Crippen molar-refractivity contribution in [2.45, 2.75) is 16.9 Å². The second-order valence-electron chi connectivity index (χ2n) is 6.08. The zero-order chi connectivity index (χ0) is 17.2. The Balaban J connectivity index is 1.54. The molecular weight excluding hydrogens is 352 g/mol. The maximum atomic E-state index is 12.8. The highest BCUT2D eigenvalue weighted by Crippen LogP contribution is 2.45. The Bertz CT molecular complexity index is 819. The van der Waals surface area contributed by atoms with Crippen LogP contribution >= 0.6 is 23.5 Å². The maximum Gasteiger partial charge on any atom is 0.232 e.